The lowest BCUT2D eigenvalue weighted by Gasteiger charge is -2.04. The predicted molar refractivity (Wildman–Crippen MR) is 107 cm³/mol. The Labute approximate surface area is 148 Å². The van der Waals surface area contributed by atoms with E-state index in [0.717, 1.165) is 6.42 Å². The monoisotopic (exact) mass is 324 g/mol. The Hall–Kier alpha value is -0.0400. The molecule has 1 radical (unpaired) electrons. The Morgan fingerprint density at radius 3 is 0.957 bits per heavy atom. The highest BCUT2D eigenvalue weighted by molar-refractivity contribution is 4.54. The molecule has 0 saturated heterocycles. The van der Waals surface area contributed by atoms with Crippen molar-refractivity contribution >= 4 is 0 Å². The lowest BCUT2D eigenvalue weighted by molar-refractivity contribution is 0.523. The molecule has 0 unspecified atom stereocenters. The predicted octanol–water partition coefficient (Wildman–Crippen LogP) is 7.93. The maximum Gasteiger partial charge on any atom is 0.0192 e. The van der Waals surface area contributed by atoms with Crippen LogP contribution in [0.1, 0.15) is 135 Å². The van der Waals surface area contributed by atoms with Crippen molar-refractivity contribution in [2.45, 2.75) is 135 Å². The summed E-state index contributed by atoms with van der Waals surface area (Å²) in [6.07, 6.45) is 28.5. The third kappa shape index (κ3) is 22.0. The van der Waals surface area contributed by atoms with Crippen LogP contribution < -0.4 is 5.73 Å². The van der Waals surface area contributed by atoms with Crippen LogP contribution >= 0.6 is 0 Å². The Morgan fingerprint density at radius 1 is 0.435 bits per heavy atom. The standard InChI is InChI=1S/C22H46N/c1-2-3-4-5-6-7-8-9-10-11-12-13-14-15-16-17-18-19-20-21-22-23/h22H,2-21,23H2,1H3. The van der Waals surface area contributed by atoms with Gasteiger partial charge in [0, 0.05) is 6.54 Å². The van der Waals surface area contributed by atoms with E-state index in [4.69, 9.17) is 5.73 Å². The molecule has 0 aliphatic heterocycles. The van der Waals surface area contributed by atoms with Gasteiger partial charge in [-0.1, -0.05) is 129 Å². The summed E-state index contributed by atoms with van der Waals surface area (Å²) < 4.78 is 0. The molecule has 2 N–H and O–H groups in total. The molecule has 0 rings (SSSR count). The summed E-state index contributed by atoms with van der Waals surface area (Å²) in [6.45, 7) is 4.09. The van der Waals surface area contributed by atoms with Crippen LogP contribution in [0.3, 0.4) is 0 Å². The highest BCUT2D eigenvalue weighted by Gasteiger charge is 1.95. The Morgan fingerprint density at radius 2 is 0.696 bits per heavy atom. The average Bonchev–Trinajstić information content (AvgIpc) is 2.57. The van der Waals surface area contributed by atoms with Crippen LogP contribution in [-0.4, -0.2) is 0 Å². The smallest absolute Gasteiger partial charge is 0.0192 e. The van der Waals surface area contributed by atoms with Gasteiger partial charge in [0.2, 0.25) is 0 Å². The minimum absolute atomic E-state index is 1.10. The van der Waals surface area contributed by atoms with Gasteiger partial charge < -0.3 is 5.73 Å². The molecule has 0 heterocycles. The van der Waals surface area contributed by atoms with Gasteiger partial charge in [0.25, 0.3) is 0 Å². The second kappa shape index (κ2) is 22.0. The molecule has 0 atom stereocenters. The minimum Gasteiger partial charge on any atom is -0.326 e. The molecule has 139 valence electrons. The largest absolute Gasteiger partial charge is 0.326 e. The summed E-state index contributed by atoms with van der Waals surface area (Å²) >= 11 is 0. The van der Waals surface area contributed by atoms with Gasteiger partial charge in [-0.25, -0.2) is 0 Å². The van der Waals surface area contributed by atoms with Crippen molar-refractivity contribution in [1.29, 1.82) is 0 Å². The zero-order valence-electron chi connectivity index (χ0n) is 16.3. The fraction of sp³-hybridized carbons (Fsp3) is 0.955. The van der Waals surface area contributed by atoms with Crippen molar-refractivity contribution in [2.75, 3.05) is 0 Å². The molecule has 0 bridgehead atoms. The van der Waals surface area contributed by atoms with Crippen LogP contribution in [0.2, 0.25) is 0 Å². The first-order valence-corrected chi connectivity index (χ1v) is 10.9. The molecule has 0 saturated carbocycles. The third-order valence-corrected chi connectivity index (χ3v) is 4.97. The highest BCUT2D eigenvalue weighted by Crippen LogP contribution is 2.14. The second-order valence-corrected chi connectivity index (χ2v) is 7.39. The normalized spacial score (nSPS) is 11.2. The van der Waals surface area contributed by atoms with Gasteiger partial charge in [0.05, 0.1) is 0 Å². The van der Waals surface area contributed by atoms with E-state index in [-0.39, 0.29) is 0 Å². The molecule has 0 aromatic heterocycles. The fourth-order valence-corrected chi connectivity index (χ4v) is 3.34. The molecule has 0 aromatic rings. The molecule has 1 nitrogen and oxygen atoms in total. The number of hydrogen-bond acceptors (Lipinski definition) is 1. The number of hydrogen-bond donors (Lipinski definition) is 1. The zero-order chi connectivity index (χ0) is 16.8. The van der Waals surface area contributed by atoms with E-state index < -0.39 is 0 Å². The molecular weight excluding hydrogens is 278 g/mol. The summed E-state index contributed by atoms with van der Waals surface area (Å²) in [5.74, 6) is 0. The molecule has 0 aliphatic rings. The Bertz CT molecular complexity index is 170. The summed E-state index contributed by atoms with van der Waals surface area (Å²) in [5, 5.41) is 0. The molecule has 1 heteroatoms. The molecule has 0 aliphatic carbocycles. The molecule has 23 heavy (non-hydrogen) atoms. The Balaban J connectivity index is 2.92. The van der Waals surface area contributed by atoms with Crippen molar-refractivity contribution in [3.05, 3.63) is 6.54 Å². The maximum atomic E-state index is 5.38. The SMILES string of the molecule is CCCCCCCCCCCCCCCCCCCCC[CH]N. The van der Waals surface area contributed by atoms with Crippen molar-refractivity contribution in [2.24, 2.45) is 5.73 Å². The summed E-state index contributed by atoms with van der Waals surface area (Å²) in [6, 6.07) is 0. The lowest BCUT2D eigenvalue weighted by Crippen LogP contribution is -1.89. The Kier molecular flexibility index (Phi) is 21.9. The van der Waals surface area contributed by atoms with Crippen LogP contribution in [-0.2, 0) is 0 Å². The number of unbranched alkanes of at least 4 members (excludes halogenated alkanes) is 19. The van der Waals surface area contributed by atoms with Gasteiger partial charge in [-0.3, -0.25) is 0 Å². The lowest BCUT2D eigenvalue weighted by atomic mass is 10.0. The number of rotatable bonds is 20. The van der Waals surface area contributed by atoms with Crippen LogP contribution in [0.25, 0.3) is 0 Å². The van der Waals surface area contributed by atoms with Crippen LogP contribution in [0.4, 0.5) is 0 Å². The van der Waals surface area contributed by atoms with Crippen molar-refractivity contribution in [1.82, 2.24) is 0 Å². The van der Waals surface area contributed by atoms with E-state index in [1.54, 1.807) is 6.54 Å². The van der Waals surface area contributed by atoms with Gasteiger partial charge in [-0.05, 0) is 6.42 Å². The minimum atomic E-state index is 1.10. The van der Waals surface area contributed by atoms with Crippen LogP contribution in [0, 0.1) is 6.54 Å². The van der Waals surface area contributed by atoms with Crippen LogP contribution in [0.5, 0.6) is 0 Å². The van der Waals surface area contributed by atoms with Gasteiger partial charge in [-0.2, -0.15) is 0 Å². The first kappa shape index (κ1) is 23.0. The second-order valence-electron chi connectivity index (χ2n) is 7.39. The van der Waals surface area contributed by atoms with E-state index in [1.165, 1.54) is 122 Å². The summed E-state index contributed by atoms with van der Waals surface area (Å²) in [5.41, 5.74) is 5.38. The first-order chi connectivity index (χ1) is 11.4. The van der Waals surface area contributed by atoms with E-state index in [1.807, 2.05) is 0 Å². The van der Waals surface area contributed by atoms with E-state index in [2.05, 4.69) is 6.92 Å². The van der Waals surface area contributed by atoms with Crippen molar-refractivity contribution in [3.8, 4) is 0 Å². The maximum absolute atomic E-state index is 5.38. The number of nitrogens with two attached hydrogens (primary N) is 1. The van der Waals surface area contributed by atoms with E-state index in [0.29, 0.717) is 0 Å². The van der Waals surface area contributed by atoms with E-state index >= 15 is 0 Å². The third-order valence-electron chi connectivity index (χ3n) is 4.97. The van der Waals surface area contributed by atoms with Crippen LogP contribution in [0.15, 0.2) is 0 Å². The van der Waals surface area contributed by atoms with Crippen molar-refractivity contribution in [3.63, 3.8) is 0 Å². The molecule has 0 spiro atoms. The average molecular weight is 325 g/mol. The molecular formula is C22H46N. The van der Waals surface area contributed by atoms with Gasteiger partial charge >= 0.3 is 0 Å². The molecule has 0 aromatic carbocycles. The molecule has 0 fully saturated rings. The topological polar surface area (TPSA) is 26.0 Å². The van der Waals surface area contributed by atoms with Gasteiger partial charge in [-0.15, -0.1) is 0 Å². The van der Waals surface area contributed by atoms with Gasteiger partial charge in [0.15, 0.2) is 0 Å². The quantitative estimate of drug-likeness (QED) is 0.226. The highest BCUT2D eigenvalue weighted by atomic mass is 14.5. The van der Waals surface area contributed by atoms with E-state index in [9.17, 15) is 0 Å². The first-order valence-electron chi connectivity index (χ1n) is 10.9. The summed E-state index contributed by atoms with van der Waals surface area (Å²) in [7, 11) is 0. The zero-order valence-corrected chi connectivity index (χ0v) is 16.3. The fourth-order valence-electron chi connectivity index (χ4n) is 3.34. The van der Waals surface area contributed by atoms with Crippen molar-refractivity contribution < 1.29 is 0 Å². The molecule has 0 amide bonds. The summed E-state index contributed by atoms with van der Waals surface area (Å²) in [4.78, 5) is 0. The van der Waals surface area contributed by atoms with Gasteiger partial charge in [0.1, 0.15) is 0 Å².